The van der Waals surface area contributed by atoms with Gasteiger partial charge in [0, 0.05) is 18.8 Å². The molecular weight excluding hydrogens is 426 g/mol. The molecule has 1 fully saturated rings. The number of hydrogen-bond donors (Lipinski definition) is 1. The highest BCUT2D eigenvalue weighted by molar-refractivity contribution is 8.16. The SMILES string of the molecule is CC1=C(C(=O)OC(C)C)C(c2ccccc2)N2C(CC(=O)NCC3CCCO3)=CSC2=N1. The third kappa shape index (κ3) is 4.91. The third-order valence-corrected chi connectivity index (χ3v) is 6.46. The van der Waals surface area contributed by atoms with Crippen molar-refractivity contribution in [2.75, 3.05) is 13.2 Å². The Morgan fingerprint density at radius 3 is 2.78 bits per heavy atom. The summed E-state index contributed by atoms with van der Waals surface area (Å²) in [5.41, 5.74) is 2.90. The monoisotopic (exact) mass is 455 g/mol. The maximum absolute atomic E-state index is 13.1. The lowest BCUT2D eigenvalue weighted by atomic mass is 9.94. The molecule has 1 aromatic carbocycles. The number of amidine groups is 1. The number of benzene rings is 1. The first-order valence-electron chi connectivity index (χ1n) is 11.0. The molecule has 1 N–H and O–H groups in total. The largest absolute Gasteiger partial charge is 0.459 e. The predicted octanol–water partition coefficient (Wildman–Crippen LogP) is 3.90. The fraction of sp³-hybridized carbons (Fsp3) is 0.458. The highest BCUT2D eigenvalue weighted by atomic mass is 32.2. The summed E-state index contributed by atoms with van der Waals surface area (Å²) in [4.78, 5) is 32.5. The standard InChI is InChI=1S/C24H29N3O4S/c1-15(2)31-23(29)21-16(3)26-24-27(22(21)17-8-5-4-6-9-17)18(14-32-24)12-20(28)25-13-19-10-7-11-30-19/h4-6,8-9,14-15,19,22H,7,10-13H2,1-3H3,(H,25,28). The lowest BCUT2D eigenvalue weighted by molar-refractivity contribution is -0.143. The van der Waals surface area contributed by atoms with Crippen molar-refractivity contribution in [1.29, 1.82) is 0 Å². The summed E-state index contributed by atoms with van der Waals surface area (Å²) in [5, 5.41) is 5.70. The molecule has 3 aliphatic rings. The van der Waals surface area contributed by atoms with Crippen LogP contribution >= 0.6 is 11.8 Å². The van der Waals surface area contributed by atoms with E-state index in [0.717, 1.165) is 35.9 Å². The van der Waals surface area contributed by atoms with Crippen LogP contribution in [0, 0.1) is 0 Å². The molecule has 8 heteroatoms. The van der Waals surface area contributed by atoms with Crippen molar-refractivity contribution in [3.05, 3.63) is 58.3 Å². The van der Waals surface area contributed by atoms with Gasteiger partial charge in [0.25, 0.3) is 0 Å². The van der Waals surface area contributed by atoms with E-state index in [4.69, 9.17) is 9.47 Å². The normalized spacial score (nSPS) is 22.6. The van der Waals surface area contributed by atoms with Crippen LogP contribution in [0.25, 0.3) is 0 Å². The molecule has 0 saturated carbocycles. The minimum Gasteiger partial charge on any atom is -0.459 e. The lowest BCUT2D eigenvalue weighted by Crippen LogP contribution is -2.39. The van der Waals surface area contributed by atoms with Gasteiger partial charge in [0.2, 0.25) is 5.91 Å². The minimum absolute atomic E-state index is 0.0713. The molecule has 3 heterocycles. The third-order valence-electron chi connectivity index (χ3n) is 5.57. The number of amides is 1. The van der Waals surface area contributed by atoms with E-state index in [-0.39, 0.29) is 30.5 Å². The zero-order valence-corrected chi connectivity index (χ0v) is 19.5. The van der Waals surface area contributed by atoms with E-state index < -0.39 is 6.04 Å². The van der Waals surface area contributed by atoms with Gasteiger partial charge >= 0.3 is 5.97 Å². The first-order valence-corrected chi connectivity index (χ1v) is 11.9. The molecular formula is C24H29N3O4S. The van der Waals surface area contributed by atoms with Gasteiger partial charge in [-0.3, -0.25) is 4.79 Å². The first kappa shape index (κ1) is 22.6. The summed E-state index contributed by atoms with van der Waals surface area (Å²) in [7, 11) is 0. The van der Waals surface area contributed by atoms with Crippen molar-refractivity contribution in [3.8, 4) is 0 Å². The Morgan fingerprint density at radius 2 is 2.09 bits per heavy atom. The molecule has 2 unspecified atom stereocenters. The van der Waals surface area contributed by atoms with Crippen LogP contribution in [0.5, 0.6) is 0 Å². The number of rotatable bonds is 7. The fourth-order valence-electron chi connectivity index (χ4n) is 4.12. The number of allylic oxidation sites excluding steroid dienone is 1. The summed E-state index contributed by atoms with van der Waals surface area (Å²) in [6.45, 7) is 6.78. The molecule has 7 nitrogen and oxygen atoms in total. The molecule has 32 heavy (non-hydrogen) atoms. The molecule has 1 amide bonds. The first-order chi connectivity index (χ1) is 15.4. The zero-order valence-electron chi connectivity index (χ0n) is 18.7. The van der Waals surface area contributed by atoms with Crippen LogP contribution < -0.4 is 5.32 Å². The number of fused-ring (bicyclic) bond motifs is 1. The molecule has 3 aliphatic heterocycles. The number of carbonyl (C=O) groups is 2. The number of esters is 1. The highest BCUT2D eigenvalue weighted by Crippen LogP contribution is 2.44. The number of hydrogen-bond acceptors (Lipinski definition) is 7. The summed E-state index contributed by atoms with van der Waals surface area (Å²) in [6, 6.07) is 9.41. The molecule has 0 bridgehead atoms. The van der Waals surface area contributed by atoms with E-state index in [2.05, 4.69) is 10.3 Å². The number of aliphatic imine (C=N–C) groups is 1. The van der Waals surface area contributed by atoms with Crippen LogP contribution in [-0.4, -0.2) is 47.3 Å². The summed E-state index contributed by atoms with van der Waals surface area (Å²) in [5.74, 6) is -0.453. The van der Waals surface area contributed by atoms with Gasteiger partial charge in [0.05, 0.1) is 35.9 Å². The van der Waals surface area contributed by atoms with Gasteiger partial charge in [-0.1, -0.05) is 42.1 Å². The molecule has 4 rings (SSSR count). The van der Waals surface area contributed by atoms with Gasteiger partial charge in [-0.2, -0.15) is 0 Å². The maximum atomic E-state index is 13.1. The van der Waals surface area contributed by atoms with E-state index >= 15 is 0 Å². The van der Waals surface area contributed by atoms with E-state index in [1.54, 1.807) is 0 Å². The number of nitrogens with one attached hydrogen (secondary N) is 1. The van der Waals surface area contributed by atoms with Crippen LogP contribution in [0.3, 0.4) is 0 Å². The van der Waals surface area contributed by atoms with Gasteiger partial charge in [-0.25, -0.2) is 9.79 Å². The molecule has 0 aliphatic carbocycles. The fourth-order valence-corrected chi connectivity index (χ4v) is 5.08. The average Bonchev–Trinajstić information content (AvgIpc) is 3.41. The average molecular weight is 456 g/mol. The number of thioether (sulfide) groups is 1. The van der Waals surface area contributed by atoms with Crippen LogP contribution in [0.4, 0.5) is 0 Å². The van der Waals surface area contributed by atoms with Crippen LogP contribution in [0.1, 0.15) is 51.6 Å². The maximum Gasteiger partial charge on any atom is 0.338 e. The topological polar surface area (TPSA) is 80.2 Å². The number of nitrogens with zero attached hydrogens (tertiary/aromatic N) is 2. The summed E-state index contributed by atoms with van der Waals surface area (Å²) >= 11 is 1.47. The second-order valence-electron chi connectivity index (χ2n) is 8.37. The van der Waals surface area contributed by atoms with Gasteiger partial charge < -0.3 is 19.7 Å². The Balaban J connectivity index is 1.58. The van der Waals surface area contributed by atoms with Gasteiger partial charge in [0.15, 0.2) is 5.17 Å². The van der Waals surface area contributed by atoms with Crippen molar-refractivity contribution < 1.29 is 19.1 Å². The van der Waals surface area contributed by atoms with E-state index in [9.17, 15) is 9.59 Å². The Hall–Kier alpha value is -2.58. The van der Waals surface area contributed by atoms with Gasteiger partial charge in [-0.15, -0.1) is 0 Å². The van der Waals surface area contributed by atoms with Crippen LogP contribution in [-0.2, 0) is 19.1 Å². The molecule has 1 saturated heterocycles. The molecule has 0 radical (unpaired) electrons. The number of carbonyl (C=O) groups excluding carboxylic acids is 2. The zero-order chi connectivity index (χ0) is 22.7. The van der Waals surface area contributed by atoms with E-state index in [1.807, 2.05) is 61.4 Å². The van der Waals surface area contributed by atoms with E-state index in [0.29, 0.717) is 17.8 Å². The second kappa shape index (κ2) is 9.92. The Bertz CT molecular complexity index is 965. The quantitative estimate of drug-likeness (QED) is 0.628. The molecule has 170 valence electrons. The Kier molecular flexibility index (Phi) is 7.01. The molecule has 2 atom stereocenters. The smallest absolute Gasteiger partial charge is 0.338 e. The Labute approximate surface area is 192 Å². The van der Waals surface area contributed by atoms with Gasteiger partial charge in [0.1, 0.15) is 0 Å². The van der Waals surface area contributed by atoms with Crippen LogP contribution in [0.2, 0.25) is 0 Å². The predicted molar refractivity (Wildman–Crippen MR) is 125 cm³/mol. The van der Waals surface area contributed by atoms with Crippen molar-refractivity contribution in [2.24, 2.45) is 4.99 Å². The number of ether oxygens (including phenoxy) is 2. The van der Waals surface area contributed by atoms with Crippen molar-refractivity contribution >= 4 is 28.8 Å². The van der Waals surface area contributed by atoms with E-state index in [1.165, 1.54) is 11.8 Å². The minimum atomic E-state index is -0.401. The summed E-state index contributed by atoms with van der Waals surface area (Å²) < 4.78 is 11.2. The van der Waals surface area contributed by atoms with Crippen molar-refractivity contribution in [3.63, 3.8) is 0 Å². The Morgan fingerprint density at radius 1 is 1.31 bits per heavy atom. The molecule has 1 aromatic rings. The molecule has 0 aromatic heterocycles. The summed E-state index contributed by atoms with van der Waals surface area (Å²) in [6.07, 6.45) is 2.07. The molecule has 0 spiro atoms. The second-order valence-corrected chi connectivity index (χ2v) is 9.21. The van der Waals surface area contributed by atoms with Crippen molar-refractivity contribution in [1.82, 2.24) is 10.2 Å². The van der Waals surface area contributed by atoms with Gasteiger partial charge in [-0.05, 0) is 44.6 Å². The lowest BCUT2D eigenvalue weighted by Gasteiger charge is -2.36. The van der Waals surface area contributed by atoms with Crippen molar-refractivity contribution in [2.45, 2.75) is 58.3 Å². The highest BCUT2D eigenvalue weighted by Gasteiger charge is 2.41. The van der Waals surface area contributed by atoms with Crippen LogP contribution in [0.15, 0.2) is 57.7 Å².